The van der Waals surface area contributed by atoms with Crippen molar-refractivity contribution in [3.8, 4) is 5.75 Å². The van der Waals surface area contributed by atoms with E-state index < -0.39 is 18.5 Å². The van der Waals surface area contributed by atoms with Gasteiger partial charge in [0, 0.05) is 11.3 Å². The number of anilines is 2. The minimum atomic E-state index is -4.67. The van der Waals surface area contributed by atoms with Crippen molar-refractivity contribution in [2.45, 2.75) is 33.2 Å². The lowest BCUT2D eigenvalue weighted by molar-refractivity contribution is -0.142. The van der Waals surface area contributed by atoms with E-state index in [1.54, 1.807) is 0 Å². The van der Waals surface area contributed by atoms with Crippen molar-refractivity contribution < 1.29 is 22.3 Å². The van der Waals surface area contributed by atoms with Gasteiger partial charge in [0.1, 0.15) is 24.8 Å². The molecule has 0 unspecified atom stereocenters. The molecule has 2 aromatic carbocycles. The molecule has 1 N–H and O–H groups in total. The van der Waals surface area contributed by atoms with Gasteiger partial charge >= 0.3 is 6.18 Å². The fraction of sp³-hybridized carbons (Fsp3) is 0.286. The van der Waals surface area contributed by atoms with Crippen LogP contribution in [0.3, 0.4) is 0 Å². The lowest BCUT2D eigenvalue weighted by atomic mass is 10.1. The maximum Gasteiger partial charge on any atom is 0.436 e. The molecule has 0 saturated carbocycles. The summed E-state index contributed by atoms with van der Waals surface area (Å²) in [5.74, 6) is 0.627. The van der Waals surface area contributed by atoms with Crippen molar-refractivity contribution in [3.05, 3.63) is 69.3 Å². The van der Waals surface area contributed by atoms with Gasteiger partial charge in [-0.25, -0.2) is 9.07 Å². The molecule has 1 aromatic heterocycles. The first-order chi connectivity index (χ1) is 14.2. The van der Waals surface area contributed by atoms with Gasteiger partial charge < -0.3 is 10.1 Å². The first kappa shape index (κ1) is 22.1. The Morgan fingerprint density at radius 3 is 2.43 bits per heavy atom. The highest BCUT2D eigenvalue weighted by Gasteiger charge is 2.39. The molecule has 0 aliphatic rings. The molecule has 30 heavy (non-hydrogen) atoms. The highest BCUT2D eigenvalue weighted by Crippen LogP contribution is 2.40. The molecule has 3 rings (SSSR count). The summed E-state index contributed by atoms with van der Waals surface area (Å²) >= 11 is 2.97. The number of nitrogens with zero attached hydrogens (tertiary/aromatic N) is 2. The molecule has 0 spiro atoms. The summed E-state index contributed by atoms with van der Waals surface area (Å²) in [5, 5.41) is 6.54. The standard InChI is InChI=1S/C21H20BrF4N3O/c1-13-8-9-16(30-12-15-6-4-3-5-7-15)14(2)18(13)27-20-17(22)19(21(24,25)26)28-29(20)11-10-23/h3-9,27H,10-12H2,1-2H3. The average Bonchev–Trinajstić information content (AvgIpc) is 3.01. The normalized spacial score (nSPS) is 11.6. The molecule has 0 aliphatic heterocycles. The minimum Gasteiger partial charge on any atom is -0.489 e. The largest absolute Gasteiger partial charge is 0.489 e. The predicted octanol–water partition coefficient (Wildman–Crippen LogP) is 6.57. The number of hydrogen-bond acceptors (Lipinski definition) is 3. The average molecular weight is 486 g/mol. The Bertz CT molecular complexity index is 1020. The minimum absolute atomic E-state index is 0.0337. The SMILES string of the molecule is Cc1ccc(OCc2ccccc2)c(C)c1Nc1c(Br)c(C(F)(F)F)nn1CCF. The second-order valence-corrected chi connectivity index (χ2v) is 7.49. The molecule has 0 bridgehead atoms. The molecule has 0 saturated heterocycles. The van der Waals surface area contributed by atoms with E-state index in [2.05, 4.69) is 26.3 Å². The van der Waals surface area contributed by atoms with Crippen molar-refractivity contribution >= 4 is 27.4 Å². The van der Waals surface area contributed by atoms with Crippen LogP contribution in [0, 0.1) is 13.8 Å². The number of alkyl halides is 4. The molecule has 0 aliphatic carbocycles. The van der Waals surface area contributed by atoms with E-state index in [9.17, 15) is 17.6 Å². The number of halogens is 5. The van der Waals surface area contributed by atoms with Gasteiger partial charge in [-0.05, 0) is 47.0 Å². The number of aryl methyl sites for hydroxylation is 2. The van der Waals surface area contributed by atoms with Gasteiger partial charge in [0.05, 0.1) is 11.0 Å². The van der Waals surface area contributed by atoms with Crippen molar-refractivity contribution in [2.75, 3.05) is 12.0 Å². The van der Waals surface area contributed by atoms with Gasteiger partial charge in [0.25, 0.3) is 0 Å². The van der Waals surface area contributed by atoms with Crippen LogP contribution in [-0.2, 0) is 19.3 Å². The third-order valence-electron chi connectivity index (χ3n) is 4.56. The maximum absolute atomic E-state index is 13.3. The van der Waals surface area contributed by atoms with Crippen LogP contribution in [0.4, 0.5) is 29.1 Å². The Morgan fingerprint density at radius 2 is 1.80 bits per heavy atom. The summed E-state index contributed by atoms with van der Waals surface area (Å²) in [6, 6.07) is 13.2. The first-order valence-corrected chi connectivity index (χ1v) is 9.95. The van der Waals surface area contributed by atoms with Crippen LogP contribution in [-0.4, -0.2) is 16.5 Å². The highest BCUT2D eigenvalue weighted by atomic mass is 79.9. The van der Waals surface area contributed by atoms with Gasteiger partial charge in [-0.1, -0.05) is 36.4 Å². The van der Waals surface area contributed by atoms with Gasteiger partial charge in [-0.3, -0.25) is 0 Å². The Hall–Kier alpha value is -2.55. The first-order valence-electron chi connectivity index (χ1n) is 9.15. The number of ether oxygens (including phenoxy) is 1. The number of rotatable bonds is 7. The van der Waals surface area contributed by atoms with Crippen LogP contribution < -0.4 is 10.1 Å². The van der Waals surface area contributed by atoms with Crippen molar-refractivity contribution in [1.82, 2.24) is 9.78 Å². The fourth-order valence-corrected chi connectivity index (χ4v) is 3.62. The van der Waals surface area contributed by atoms with Crippen molar-refractivity contribution in [3.63, 3.8) is 0 Å². The zero-order valence-electron chi connectivity index (χ0n) is 16.4. The third-order valence-corrected chi connectivity index (χ3v) is 5.31. The second-order valence-electron chi connectivity index (χ2n) is 6.70. The summed E-state index contributed by atoms with van der Waals surface area (Å²) < 4.78 is 59.3. The zero-order valence-corrected chi connectivity index (χ0v) is 17.9. The van der Waals surface area contributed by atoms with Crippen LogP contribution in [0.15, 0.2) is 46.9 Å². The molecule has 0 atom stereocenters. The second kappa shape index (κ2) is 9.07. The Morgan fingerprint density at radius 1 is 1.10 bits per heavy atom. The molecule has 4 nitrogen and oxygen atoms in total. The van der Waals surface area contributed by atoms with E-state index >= 15 is 0 Å². The van der Waals surface area contributed by atoms with E-state index in [-0.39, 0.29) is 16.8 Å². The maximum atomic E-state index is 13.3. The zero-order chi connectivity index (χ0) is 21.9. The van der Waals surface area contributed by atoms with E-state index in [4.69, 9.17) is 4.74 Å². The number of benzene rings is 2. The van der Waals surface area contributed by atoms with Gasteiger partial charge in [-0.15, -0.1) is 0 Å². The summed E-state index contributed by atoms with van der Waals surface area (Å²) in [7, 11) is 0. The van der Waals surface area contributed by atoms with E-state index in [0.717, 1.165) is 21.4 Å². The number of hydrogen-bond donors (Lipinski definition) is 1. The third kappa shape index (κ3) is 4.77. The number of aromatic nitrogens is 2. The summed E-state index contributed by atoms with van der Waals surface area (Å²) in [6.07, 6.45) is -4.67. The molecule has 0 amide bonds. The van der Waals surface area contributed by atoms with Crippen LogP contribution >= 0.6 is 15.9 Å². The van der Waals surface area contributed by atoms with Gasteiger partial charge in [0.15, 0.2) is 5.69 Å². The summed E-state index contributed by atoms with van der Waals surface area (Å²) in [4.78, 5) is 0. The van der Waals surface area contributed by atoms with Crippen LogP contribution in [0.2, 0.25) is 0 Å². The van der Waals surface area contributed by atoms with Gasteiger partial charge in [0.2, 0.25) is 0 Å². The van der Waals surface area contributed by atoms with E-state index in [0.29, 0.717) is 18.0 Å². The highest BCUT2D eigenvalue weighted by molar-refractivity contribution is 9.10. The van der Waals surface area contributed by atoms with Crippen LogP contribution in [0.5, 0.6) is 5.75 Å². The quantitative estimate of drug-likeness (QED) is 0.384. The Kier molecular flexibility index (Phi) is 6.70. The summed E-state index contributed by atoms with van der Waals surface area (Å²) in [6.45, 7) is 2.83. The Balaban J connectivity index is 1.94. The van der Waals surface area contributed by atoms with Crippen molar-refractivity contribution in [2.24, 2.45) is 0 Å². The topological polar surface area (TPSA) is 39.1 Å². The Labute approximate surface area is 180 Å². The molecular weight excluding hydrogens is 466 g/mol. The van der Waals surface area contributed by atoms with Gasteiger partial charge in [-0.2, -0.15) is 18.3 Å². The number of nitrogens with one attached hydrogen (secondary N) is 1. The molecule has 9 heteroatoms. The lowest BCUT2D eigenvalue weighted by Gasteiger charge is -2.18. The molecule has 1 heterocycles. The van der Waals surface area contributed by atoms with Crippen LogP contribution in [0.25, 0.3) is 0 Å². The molecule has 0 fully saturated rings. The smallest absolute Gasteiger partial charge is 0.436 e. The molecule has 160 valence electrons. The summed E-state index contributed by atoms with van der Waals surface area (Å²) in [5.41, 5.74) is 1.98. The fourth-order valence-electron chi connectivity index (χ4n) is 3.01. The predicted molar refractivity (Wildman–Crippen MR) is 111 cm³/mol. The van der Waals surface area contributed by atoms with E-state index in [1.165, 1.54) is 0 Å². The molecule has 3 aromatic rings. The molecule has 0 radical (unpaired) electrons. The lowest BCUT2D eigenvalue weighted by Crippen LogP contribution is -2.10. The van der Waals surface area contributed by atoms with Crippen molar-refractivity contribution in [1.29, 1.82) is 0 Å². The van der Waals surface area contributed by atoms with E-state index in [1.807, 2.05) is 56.3 Å². The monoisotopic (exact) mass is 485 g/mol. The van der Waals surface area contributed by atoms with Crippen LogP contribution in [0.1, 0.15) is 22.4 Å². The molecular formula is C21H20BrF4N3O.